The van der Waals surface area contributed by atoms with Crippen molar-refractivity contribution in [3.05, 3.63) is 0 Å². The van der Waals surface area contributed by atoms with E-state index in [-0.39, 0.29) is 12.0 Å². The quantitative estimate of drug-likeness (QED) is 0.653. The number of primary amides is 1. The van der Waals surface area contributed by atoms with Gasteiger partial charge in [-0.3, -0.25) is 9.59 Å². The lowest BCUT2D eigenvalue weighted by Gasteiger charge is -2.27. The van der Waals surface area contributed by atoms with Gasteiger partial charge in [0.25, 0.3) is 0 Å². The Bertz CT molecular complexity index is 302. The van der Waals surface area contributed by atoms with Gasteiger partial charge in [0.15, 0.2) is 0 Å². The number of carbonyl (C=O) groups is 2. The van der Waals surface area contributed by atoms with E-state index >= 15 is 0 Å². The standard InChI is InChI=1S/C11H19N3O3/c12-11(16)9-2-1-4-14(9)10(15)6-8-7-13-3-5-17-8/h8-9,13H,1-7H2,(H2,12,16). The molecule has 2 saturated heterocycles. The van der Waals surface area contributed by atoms with Crippen LogP contribution in [0.4, 0.5) is 0 Å². The highest BCUT2D eigenvalue weighted by atomic mass is 16.5. The molecule has 0 bridgehead atoms. The smallest absolute Gasteiger partial charge is 0.240 e. The highest BCUT2D eigenvalue weighted by molar-refractivity contribution is 5.87. The van der Waals surface area contributed by atoms with E-state index in [0.29, 0.717) is 32.5 Å². The Labute approximate surface area is 100 Å². The summed E-state index contributed by atoms with van der Waals surface area (Å²) in [6.07, 6.45) is 1.79. The number of nitrogens with one attached hydrogen (secondary N) is 1. The third-order valence-electron chi connectivity index (χ3n) is 3.31. The Morgan fingerprint density at radius 3 is 2.94 bits per heavy atom. The molecule has 2 aliphatic rings. The predicted octanol–water partition coefficient (Wildman–Crippen LogP) is -1.16. The molecule has 2 atom stereocenters. The SMILES string of the molecule is NC(=O)C1CCCN1C(=O)CC1CNCCO1. The van der Waals surface area contributed by atoms with E-state index in [4.69, 9.17) is 10.5 Å². The summed E-state index contributed by atoms with van der Waals surface area (Å²) in [4.78, 5) is 24.8. The van der Waals surface area contributed by atoms with E-state index in [1.807, 2.05) is 0 Å². The fourth-order valence-electron chi connectivity index (χ4n) is 2.42. The Morgan fingerprint density at radius 2 is 2.29 bits per heavy atom. The maximum Gasteiger partial charge on any atom is 0.240 e. The Morgan fingerprint density at radius 1 is 1.47 bits per heavy atom. The van der Waals surface area contributed by atoms with Crippen LogP contribution in [-0.2, 0) is 14.3 Å². The molecule has 6 nitrogen and oxygen atoms in total. The van der Waals surface area contributed by atoms with Gasteiger partial charge in [0.1, 0.15) is 6.04 Å². The summed E-state index contributed by atoms with van der Waals surface area (Å²) < 4.78 is 5.48. The second-order valence-corrected chi connectivity index (χ2v) is 4.55. The van der Waals surface area contributed by atoms with Crippen molar-refractivity contribution < 1.29 is 14.3 Å². The molecule has 0 aromatic heterocycles. The molecular weight excluding hydrogens is 222 g/mol. The number of rotatable bonds is 3. The molecule has 2 amide bonds. The maximum atomic E-state index is 12.0. The first-order valence-corrected chi connectivity index (χ1v) is 6.09. The Balaban J connectivity index is 1.88. The van der Waals surface area contributed by atoms with Gasteiger partial charge in [0.2, 0.25) is 11.8 Å². The maximum absolute atomic E-state index is 12.0. The third-order valence-corrected chi connectivity index (χ3v) is 3.31. The number of likely N-dealkylation sites (tertiary alicyclic amines) is 1. The minimum Gasteiger partial charge on any atom is -0.375 e. The van der Waals surface area contributed by atoms with E-state index in [2.05, 4.69) is 5.32 Å². The molecule has 0 saturated carbocycles. The van der Waals surface area contributed by atoms with Crippen LogP contribution in [0, 0.1) is 0 Å². The van der Waals surface area contributed by atoms with Gasteiger partial charge in [0.05, 0.1) is 19.1 Å². The van der Waals surface area contributed by atoms with Crippen molar-refractivity contribution >= 4 is 11.8 Å². The van der Waals surface area contributed by atoms with Crippen LogP contribution in [0.3, 0.4) is 0 Å². The van der Waals surface area contributed by atoms with Crippen molar-refractivity contribution in [3.63, 3.8) is 0 Å². The molecule has 2 aliphatic heterocycles. The molecule has 2 heterocycles. The Hall–Kier alpha value is -1.14. The highest BCUT2D eigenvalue weighted by Gasteiger charge is 2.33. The molecular formula is C11H19N3O3. The van der Waals surface area contributed by atoms with Gasteiger partial charge < -0.3 is 20.7 Å². The summed E-state index contributed by atoms with van der Waals surface area (Å²) in [5, 5.41) is 3.18. The molecule has 2 fully saturated rings. The van der Waals surface area contributed by atoms with Gasteiger partial charge in [-0.15, -0.1) is 0 Å². The monoisotopic (exact) mass is 241 g/mol. The van der Waals surface area contributed by atoms with E-state index in [1.165, 1.54) is 0 Å². The zero-order valence-electron chi connectivity index (χ0n) is 9.85. The summed E-state index contributed by atoms with van der Waals surface area (Å²) in [6.45, 7) is 2.79. The second kappa shape index (κ2) is 5.46. The average molecular weight is 241 g/mol. The van der Waals surface area contributed by atoms with Gasteiger partial charge in [-0.25, -0.2) is 0 Å². The molecule has 0 aliphatic carbocycles. The number of nitrogens with two attached hydrogens (primary N) is 1. The van der Waals surface area contributed by atoms with Crippen LogP contribution < -0.4 is 11.1 Å². The van der Waals surface area contributed by atoms with Crippen LogP contribution in [0.1, 0.15) is 19.3 Å². The van der Waals surface area contributed by atoms with Crippen molar-refractivity contribution in [2.24, 2.45) is 5.73 Å². The van der Waals surface area contributed by atoms with Gasteiger partial charge >= 0.3 is 0 Å². The Kier molecular flexibility index (Phi) is 3.96. The van der Waals surface area contributed by atoms with Crippen LogP contribution in [0.5, 0.6) is 0 Å². The molecule has 96 valence electrons. The fraction of sp³-hybridized carbons (Fsp3) is 0.818. The van der Waals surface area contributed by atoms with Crippen molar-refractivity contribution in [2.45, 2.75) is 31.4 Å². The van der Waals surface area contributed by atoms with Crippen molar-refractivity contribution in [2.75, 3.05) is 26.2 Å². The largest absolute Gasteiger partial charge is 0.375 e. The molecule has 3 N–H and O–H groups in total. The summed E-state index contributed by atoms with van der Waals surface area (Å²) >= 11 is 0. The van der Waals surface area contributed by atoms with Crippen LogP contribution in [0.25, 0.3) is 0 Å². The number of amides is 2. The topological polar surface area (TPSA) is 84.7 Å². The van der Waals surface area contributed by atoms with Gasteiger partial charge in [0, 0.05) is 19.6 Å². The first kappa shape index (κ1) is 12.3. The van der Waals surface area contributed by atoms with E-state index in [1.54, 1.807) is 4.90 Å². The summed E-state index contributed by atoms with van der Waals surface area (Å²) in [5.41, 5.74) is 5.28. The predicted molar refractivity (Wildman–Crippen MR) is 61.2 cm³/mol. The molecule has 2 rings (SSSR count). The van der Waals surface area contributed by atoms with E-state index in [0.717, 1.165) is 13.0 Å². The van der Waals surface area contributed by atoms with E-state index < -0.39 is 11.9 Å². The zero-order chi connectivity index (χ0) is 12.3. The lowest BCUT2D eigenvalue weighted by atomic mass is 10.1. The number of carbonyl (C=O) groups excluding carboxylic acids is 2. The van der Waals surface area contributed by atoms with Gasteiger partial charge in [-0.2, -0.15) is 0 Å². The van der Waals surface area contributed by atoms with Crippen LogP contribution >= 0.6 is 0 Å². The highest BCUT2D eigenvalue weighted by Crippen LogP contribution is 2.19. The van der Waals surface area contributed by atoms with Crippen molar-refractivity contribution in [3.8, 4) is 0 Å². The second-order valence-electron chi connectivity index (χ2n) is 4.55. The van der Waals surface area contributed by atoms with Crippen molar-refractivity contribution in [1.82, 2.24) is 10.2 Å². The number of morpholine rings is 1. The normalized spacial score (nSPS) is 29.3. The number of ether oxygens (including phenoxy) is 1. The minimum absolute atomic E-state index is 0.0278. The average Bonchev–Trinajstić information content (AvgIpc) is 2.79. The van der Waals surface area contributed by atoms with E-state index in [9.17, 15) is 9.59 Å². The first-order chi connectivity index (χ1) is 8.18. The molecule has 0 radical (unpaired) electrons. The molecule has 0 spiro atoms. The molecule has 0 aromatic rings. The number of nitrogens with zero attached hydrogens (tertiary/aromatic N) is 1. The van der Waals surface area contributed by atoms with Crippen LogP contribution in [-0.4, -0.2) is 55.1 Å². The van der Waals surface area contributed by atoms with Gasteiger partial charge in [-0.05, 0) is 12.8 Å². The summed E-state index contributed by atoms with van der Waals surface area (Å²) in [6, 6.07) is -0.418. The number of hydrogen-bond acceptors (Lipinski definition) is 4. The summed E-state index contributed by atoms with van der Waals surface area (Å²) in [5.74, 6) is -0.432. The molecule has 6 heteroatoms. The van der Waals surface area contributed by atoms with Gasteiger partial charge in [-0.1, -0.05) is 0 Å². The molecule has 0 aromatic carbocycles. The first-order valence-electron chi connectivity index (χ1n) is 6.09. The minimum atomic E-state index is -0.418. The number of hydrogen-bond donors (Lipinski definition) is 2. The van der Waals surface area contributed by atoms with Crippen LogP contribution in [0.2, 0.25) is 0 Å². The van der Waals surface area contributed by atoms with Crippen molar-refractivity contribution in [1.29, 1.82) is 0 Å². The third kappa shape index (κ3) is 2.95. The fourth-order valence-corrected chi connectivity index (χ4v) is 2.42. The molecule has 2 unspecified atom stereocenters. The lowest BCUT2D eigenvalue weighted by Crippen LogP contribution is -2.47. The van der Waals surface area contributed by atoms with Crippen LogP contribution in [0.15, 0.2) is 0 Å². The molecule has 17 heavy (non-hydrogen) atoms. The lowest BCUT2D eigenvalue weighted by molar-refractivity contribution is -0.140. The summed E-state index contributed by atoms with van der Waals surface area (Å²) in [7, 11) is 0. The zero-order valence-corrected chi connectivity index (χ0v) is 9.85.